The molecule has 7 aromatic carbocycles. The summed E-state index contributed by atoms with van der Waals surface area (Å²) in [6.07, 6.45) is 0. The third-order valence-electron chi connectivity index (χ3n) is 8.31. The summed E-state index contributed by atoms with van der Waals surface area (Å²) < 4.78 is 4.06. The number of hydrogen-bond donors (Lipinski definition) is 0. The van der Waals surface area contributed by atoms with Crippen LogP contribution >= 0.6 is 22.7 Å². The van der Waals surface area contributed by atoms with Gasteiger partial charge in [0.05, 0.1) is 0 Å². The predicted molar refractivity (Wildman–Crippen MR) is 178 cm³/mol. The summed E-state index contributed by atoms with van der Waals surface area (Å²) in [5.74, 6) is 0. The zero-order valence-electron chi connectivity index (χ0n) is 21.5. The Labute approximate surface area is 239 Å². The lowest BCUT2D eigenvalue weighted by Gasteiger charge is -2.18. The topological polar surface area (TPSA) is 0 Å². The molecule has 0 amide bonds. The zero-order valence-corrected chi connectivity index (χ0v) is 23.2. The summed E-state index contributed by atoms with van der Waals surface area (Å²) in [7, 11) is 0. The highest BCUT2D eigenvalue weighted by Gasteiger charge is 2.20. The Morgan fingerprint density at radius 3 is 1.88 bits per heavy atom. The first-order chi connectivity index (χ1) is 19.8. The maximum Gasteiger partial charge on any atom is 0.0370 e. The lowest BCUT2D eigenvalue weighted by molar-refractivity contribution is 1.69. The zero-order chi connectivity index (χ0) is 26.2. The lowest BCUT2D eigenvalue weighted by atomic mass is 9.84. The van der Waals surface area contributed by atoms with Crippen LogP contribution in [0.1, 0.15) is 0 Å². The Hall–Kier alpha value is -4.50. The van der Waals surface area contributed by atoms with Gasteiger partial charge in [-0.25, -0.2) is 0 Å². The summed E-state index contributed by atoms with van der Waals surface area (Å²) in [4.78, 5) is 0. The minimum atomic E-state index is 1.26. The van der Waals surface area contributed by atoms with Gasteiger partial charge in [0.25, 0.3) is 0 Å². The van der Waals surface area contributed by atoms with Crippen LogP contribution in [0.2, 0.25) is 0 Å². The molecule has 2 heteroatoms. The Balaban J connectivity index is 1.44. The number of fused-ring (bicyclic) bond motifs is 7. The molecule has 0 nitrogen and oxygen atoms in total. The predicted octanol–water partition coefficient (Wildman–Crippen LogP) is 12.1. The van der Waals surface area contributed by atoms with E-state index < -0.39 is 0 Å². The Morgan fingerprint density at radius 2 is 1.10 bits per heavy atom. The summed E-state index contributed by atoms with van der Waals surface area (Å²) in [6.45, 7) is 0. The fraction of sp³-hybridized carbons (Fsp3) is 0. The van der Waals surface area contributed by atoms with E-state index in [9.17, 15) is 0 Å². The number of rotatable bonds is 2. The molecule has 2 aromatic heterocycles. The van der Waals surface area contributed by atoms with Crippen molar-refractivity contribution >= 4 is 85.2 Å². The van der Waals surface area contributed by atoms with Crippen LogP contribution < -0.4 is 0 Å². The molecule has 9 rings (SSSR count). The molecule has 0 fully saturated rings. The van der Waals surface area contributed by atoms with E-state index >= 15 is 0 Å². The number of hydrogen-bond acceptors (Lipinski definition) is 2. The van der Waals surface area contributed by atoms with Gasteiger partial charge in [-0.2, -0.15) is 0 Å². The van der Waals surface area contributed by atoms with E-state index in [0.29, 0.717) is 0 Å². The minimum absolute atomic E-state index is 1.26. The quantitative estimate of drug-likeness (QED) is 0.191. The van der Waals surface area contributed by atoms with Gasteiger partial charge in [-0.1, -0.05) is 97.1 Å². The van der Waals surface area contributed by atoms with Gasteiger partial charge in [0.1, 0.15) is 0 Å². The molecule has 0 bridgehead atoms. The molecular formula is C38H22S2. The van der Waals surface area contributed by atoms with E-state index in [0.717, 1.165) is 0 Å². The van der Waals surface area contributed by atoms with Crippen molar-refractivity contribution in [3.05, 3.63) is 133 Å². The van der Waals surface area contributed by atoms with E-state index in [-0.39, 0.29) is 0 Å². The van der Waals surface area contributed by atoms with Gasteiger partial charge in [-0.05, 0) is 95.7 Å². The van der Waals surface area contributed by atoms with Crippen LogP contribution in [0, 0.1) is 0 Å². The van der Waals surface area contributed by atoms with Crippen molar-refractivity contribution < 1.29 is 0 Å². The van der Waals surface area contributed by atoms with Crippen LogP contribution in [-0.2, 0) is 0 Å². The highest BCUT2D eigenvalue weighted by Crippen LogP contribution is 2.48. The second-order valence-electron chi connectivity index (χ2n) is 10.5. The highest BCUT2D eigenvalue weighted by molar-refractivity contribution is 7.26. The molecule has 0 unspecified atom stereocenters. The van der Waals surface area contributed by atoms with Gasteiger partial charge in [0.2, 0.25) is 0 Å². The van der Waals surface area contributed by atoms with Gasteiger partial charge >= 0.3 is 0 Å². The smallest absolute Gasteiger partial charge is 0.0370 e. The van der Waals surface area contributed by atoms with Crippen LogP contribution in [0.25, 0.3) is 84.8 Å². The van der Waals surface area contributed by atoms with Gasteiger partial charge in [-0.15, -0.1) is 22.7 Å². The van der Waals surface area contributed by atoms with E-state index in [4.69, 9.17) is 0 Å². The third kappa shape index (κ3) is 3.18. The van der Waals surface area contributed by atoms with Crippen LogP contribution in [0.5, 0.6) is 0 Å². The molecule has 0 aliphatic carbocycles. The van der Waals surface area contributed by atoms with Crippen molar-refractivity contribution in [1.82, 2.24) is 0 Å². The number of thiophene rings is 2. The summed E-state index contributed by atoms with van der Waals surface area (Å²) in [6, 6.07) is 47.4. The molecule has 0 spiro atoms. The molecule has 9 aromatic rings. The fourth-order valence-electron chi connectivity index (χ4n) is 6.57. The van der Waals surface area contributed by atoms with Crippen LogP contribution in [0.15, 0.2) is 133 Å². The average Bonchev–Trinajstić information content (AvgIpc) is 3.62. The first kappa shape index (κ1) is 22.3. The van der Waals surface area contributed by atoms with Gasteiger partial charge in [0, 0.05) is 24.9 Å². The Morgan fingerprint density at radius 1 is 0.400 bits per heavy atom. The van der Waals surface area contributed by atoms with Crippen LogP contribution in [-0.4, -0.2) is 0 Å². The van der Waals surface area contributed by atoms with Gasteiger partial charge in [0.15, 0.2) is 0 Å². The normalized spacial score (nSPS) is 12.0. The maximum absolute atomic E-state index is 2.40. The van der Waals surface area contributed by atoms with Crippen molar-refractivity contribution in [3.8, 4) is 22.3 Å². The van der Waals surface area contributed by atoms with Crippen LogP contribution in [0.4, 0.5) is 0 Å². The molecule has 0 aliphatic rings. The molecule has 0 saturated carbocycles. The van der Waals surface area contributed by atoms with Gasteiger partial charge < -0.3 is 0 Å². The molecule has 0 saturated heterocycles. The van der Waals surface area contributed by atoms with Gasteiger partial charge in [-0.3, -0.25) is 0 Å². The standard InChI is InChI=1S/C38H22S2/c1-2-9-24-20-26(17-16-23(24)8-1)36-27-10-3-5-12-29(27)37(30-13-6-4-11-28(30)36)31-14-7-15-33-38(31)32-21-25-18-19-39-34(25)22-35(32)40-33/h1-22H. The van der Waals surface area contributed by atoms with E-state index in [1.54, 1.807) is 0 Å². The molecule has 0 N–H and O–H groups in total. The van der Waals surface area contributed by atoms with Crippen molar-refractivity contribution in [2.24, 2.45) is 0 Å². The Kier molecular flexibility index (Phi) is 4.74. The van der Waals surface area contributed by atoms with Crippen molar-refractivity contribution in [2.45, 2.75) is 0 Å². The van der Waals surface area contributed by atoms with E-state index in [1.807, 2.05) is 22.7 Å². The Bertz CT molecular complexity index is 2380. The first-order valence-electron chi connectivity index (χ1n) is 13.6. The van der Waals surface area contributed by atoms with E-state index in [1.165, 1.54) is 84.8 Å². The second-order valence-corrected chi connectivity index (χ2v) is 12.5. The first-order valence-corrected chi connectivity index (χ1v) is 15.3. The number of benzene rings is 7. The lowest BCUT2D eigenvalue weighted by Crippen LogP contribution is -1.91. The molecular weight excluding hydrogens is 521 g/mol. The largest absolute Gasteiger partial charge is 0.144 e. The minimum Gasteiger partial charge on any atom is -0.144 e. The summed E-state index contributed by atoms with van der Waals surface area (Å²) >= 11 is 3.73. The van der Waals surface area contributed by atoms with Crippen molar-refractivity contribution in [2.75, 3.05) is 0 Å². The average molecular weight is 543 g/mol. The van der Waals surface area contributed by atoms with Crippen molar-refractivity contribution in [1.29, 1.82) is 0 Å². The maximum atomic E-state index is 2.40. The highest BCUT2D eigenvalue weighted by atomic mass is 32.1. The summed E-state index contributed by atoms with van der Waals surface area (Å²) in [5.41, 5.74) is 5.21. The molecule has 0 aliphatic heterocycles. The summed E-state index contributed by atoms with van der Waals surface area (Å²) in [5, 5.41) is 14.0. The van der Waals surface area contributed by atoms with Crippen molar-refractivity contribution in [3.63, 3.8) is 0 Å². The third-order valence-corrected chi connectivity index (χ3v) is 10.3. The second kappa shape index (κ2) is 8.50. The molecule has 40 heavy (non-hydrogen) atoms. The molecule has 0 radical (unpaired) electrons. The SMILES string of the molecule is c1ccc2cc(-c3c4ccccc4c(-c4cccc5sc6cc7sccc7cc6c45)c4ccccc34)ccc2c1. The molecule has 2 heterocycles. The van der Waals surface area contributed by atoms with E-state index in [2.05, 4.69) is 133 Å². The fourth-order valence-corrected chi connectivity index (χ4v) is 8.60. The monoisotopic (exact) mass is 542 g/mol. The molecule has 186 valence electrons. The molecule has 0 atom stereocenters. The van der Waals surface area contributed by atoms with Crippen LogP contribution in [0.3, 0.4) is 0 Å².